The molecule has 4 heteroatoms. The fourth-order valence-corrected chi connectivity index (χ4v) is 2.13. The summed E-state index contributed by atoms with van der Waals surface area (Å²) in [6.45, 7) is 4.81. The van der Waals surface area contributed by atoms with Gasteiger partial charge in [0.1, 0.15) is 0 Å². The molecule has 0 fully saturated rings. The van der Waals surface area contributed by atoms with E-state index in [0.717, 1.165) is 30.7 Å². The Morgan fingerprint density at radius 2 is 1.65 bits per heavy atom. The summed E-state index contributed by atoms with van der Waals surface area (Å²) in [6, 6.07) is 18.6. The Morgan fingerprint density at radius 3 is 2.30 bits per heavy atom. The average Bonchev–Trinajstić information content (AvgIpc) is 2.61. The highest BCUT2D eigenvalue weighted by Gasteiger charge is 2.00. The van der Waals surface area contributed by atoms with Gasteiger partial charge in [0.05, 0.1) is 5.71 Å². The SMILES string of the molecule is CCCCN=C(N)N/N=C(\C)c1ccc(-c2ccccc2)cc1. The summed E-state index contributed by atoms with van der Waals surface area (Å²) in [5.74, 6) is 0.360. The largest absolute Gasteiger partial charge is 0.369 e. The predicted molar refractivity (Wildman–Crippen MR) is 98.6 cm³/mol. The summed E-state index contributed by atoms with van der Waals surface area (Å²) in [5.41, 5.74) is 12.9. The minimum Gasteiger partial charge on any atom is -0.369 e. The molecule has 0 aliphatic heterocycles. The van der Waals surface area contributed by atoms with Crippen LogP contribution in [0.2, 0.25) is 0 Å². The molecule has 0 spiro atoms. The Morgan fingerprint density at radius 1 is 1.00 bits per heavy atom. The highest BCUT2D eigenvalue weighted by molar-refractivity contribution is 5.99. The molecule has 23 heavy (non-hydrogen) atoms. The zero-order chi connectivity index (χ0) is 16.5. The van der Waals surface area contributed by atoms with Gasteiger partial charge in [-0.15, -0.1) is 0 Å². The molecule has 0 radical (unpaired) electrons. The number of hydrogen-bond donors (Lipinski definition) is 2. The van der Waals surface area contributed by atoms with Gasteiger partial charge in [0.15, 0.2) is 0 Å². The van der Waals surface area contributed by atoms with Gasteiger partial charge in [-0.1, -0.05) is 67.9 Å². The number of hydrazone groups is 1. The molecular weight excluding hydrogens is 284 g/mol. The van der Waals surface area contributed by atoms with Gasteiger partial charge in [-0.3, -0.25) is 4.99 Å². The molecule has 0 saturated carbocycles. The second-order valence-electron chi connectivity index (χ2n) is 5.37. The van der Waals surface area contributed by atoms with Crippen molar-refractivity contribution in [2.24, 2.45) is 15.8 Å². The number of nitrogens with one attached hydrogen (secondary N) is 1. The van der Waals surface area contributed by atoms with Gasteiger partial charge in [-0.2, -0.15) is 5.10 Å². The molecule has 120 valence electrons. The lowest BCUT2D eigenvalue weighted by atomic mass is 10.0. The maximum atomic E-state index is 5.77. The monoisotopic (exact) mass is 308 g/mol. The van der Waals surface area contributed by atoms with Crippen LogP contribution < -0.4 is 11.2 Å². The van der Waals surface area contributed by atoms with E-state index in [2.05, 4.69) is 58.8 Å². The second kappa shape index (κ2) is 8.73. The molecule has 0 amide bonds. The van der Waals surface area contributed by atoms with E-state index in [9.17, 15) is 0 Å². The van der Waals surface area contributed by atoms with Crippen LogP contribution in [0.1, 0.15) is 32.3 Å². The molecule has 2 aromatic carbocycles. The van der Waals surface area contributed by atoms with Gasteiger partial charge >= 0.3 is 0 Å². The van der Waals surface area contributed by atoms with Crippen LogP contribution in [-0.2, 0) is 0 Å². The molecular formula is C19H24N4. The molecule has 0 unspecified atom stereocenters. The Bertz CT molecular complexity index is 658. The smallest absolute Gasteiger partial charge is 0.209 e. The summed E-state index contributed by atoms with van der Waals surface area (Å²) in [7, 11) is 0. The van der Waals surface area contributed by atoms with Crippen LogP contribution in [0.5, 0.6) is 0 Å². The molecule has 4 nitrogen and oxygen atoms in total. The Kier molecular flexibility index (Phi) is 6.36. The Labute approximate surface area is 138 Å². The van der Waals surface area contributed by atoms with Crippen molar-refractivity contribution in [1.29, 1.82) is 0 Å². The van der Waals surface area contributed by atoms with E-state index >= 15 is 0 Å². The highest BCUT2D eigenvalue weighted by atomic mass is 15.4. The number of benzene rings is 2. The molecule has 0 saturated heterocycles. The van der Waals surface area contributed by atoms with E-state index < -0.39 is 0 Å². The lowest BCUT2D eigenvalue weighted by Crippen LogP contribution is -2.28. The molecule has 0 aliphatic rings. The van der Waals surface area contributed by atoms with Crippen LogP contribution in [0.4, 0.5) is 0 Å². The number of nitrogens with zero attached hydrogens (tertiary/aromatic N) is 2. The quantitative estimate of drug-likeness (QED) is 0.369. The first-order chi connectivity index (χ1) is 11.2. The third-order valence-electron chi connectivity index (χ3n) is 3.54. The third-order valence-corrected chi connectivity index (χ3v) is 3.54. The van der Waals surface area contributed by atoms with Crippen molar-refractivity contribution in [2.75, 3.05) is 6.54 Å². The topological polar surface area (TPSA) is 62.8 Å². The van der Waals surface area contributed by atoms with Gasteiger partial charge in [0, 0.05) is 6.54 Å². The van der Waals surface area contributed by atoms with Crippen LogP contribution in [0, 0.1) is 0 Å². The van der Waals surface area contributed by atoms with E-state index in [-0.39, 0.29) is 0 Å². The molecule has 2 rings (SSSR count). The van der Waals surface area contributed by atoms with Gasteiger partial charge in [-0.25, -0.2) is 5.43 Å². The third kappa shape index (κ3) is 5.25. The van der Waals surface area contributed by atoms with Gasteiger partial charge < -0.3 is 5.73 Å². The number of rotatable bonds is 6. The Balaban J connectivity index is 2.01. The van der Waals surface area contributed by atoms with E-state index in [1.807, 2.05) is 25.1 Å². The minimum atomic E-state index is 0.360. The lowest BCUT2D eigenvalue weighted by Gasteiger charge is -2.05. The molecule has 0 bridgehead atoms. The summed E-state index contributed by atoms with van der Waals surface area (Å²) < 4.78 is 0. The average molecular weight is 308 g/mol. The van der Waals surface area contributed by atoms with Crippen molar-refractivity contribution in [2.45, 2.75) is 26.7 Å². The van der Waals surface area contributed by atoms with Gasteiger partial charge in [0.25, 0.3) is 0 Å². The molecule has 3 N–H and O–H groups in total. The normalized spacial score (nSPS) is 12.3. The first-order valence-corrected chi connectivity index (χ1v) is 7.96. The zero-order valence-electron chi connectivity index (χ0n) is 13.8. The Hall–Kier alpha value is -2.62. The van der Waals surface area contributed by atoms with E-state index in [4.69, 9.17) is 5.73 Å². The number of nitrogens with two attached hydrogens (primary N) is 1. The van der Waals surface area contributed by atoms with Crippen molar-refractivity contribution in [3.63, 3.8) is 0 Å². The molecule has 0 aromatic heterocycles. The standard InChI is InChI=1S/C19H24N4/c1-3-4-14-21-19(20)23-22-15(2)16-10-12-18(13-11-16)17-8-6-5-7-9-17/h5-13H,3-4,14H2,1-2H3,(H3,20,21,23)/b22-15+. The van der Waals surface area contributed by atoms with Crippen molar-refractivity contribution in [3.05, 3.63) is 60.2 Å². The molecule has 0 heterocycles. The predicted octanol–water partition coefficient (Wildman–Crippen LogP) is 3.78. The van der Waals surface area contributed by atoms with E-state index in [1.54, 1.807) is 0 Å². The van der Waals surface area contributed by atoms with Crippen molar-refractivity contribution in [1.82, 2.24) is 5.43 Å². The summed E-state index contributed by atoms with van der Waals surface area (Å²) in [5, 5.41) is 4.29. The van der Waals surface area contributed by atoms with Crippen molar-refractivity contribution in [3.8, 4) is 11.1 Å². The van der Waals surface area contributed by atoms with Crippen LogP contribution in [-0.4, -0.2) is 18.2 Å². The maximum Gasteiger partial charge on any atom is 0.209 e. The van der Waals surface area contributed by atoms with Crippen LogP contribution >= 0.6 is 0 Å². The maximum absolute atomic E-state index is 5.77. The van der Waals surface area contributed by atoms with Crippen molar-refractivity contribution >= 4 is 11.7 Å². The summed E-state index contributed by atoms with van der Waals surface area (Å²) >= 11 is 0. The van der Waals surface area contributed by atoms with Crippen LogP contribution in [0.3, 0.4) is 0 Å². The van der Waals surface area contributed by atoms with Crippen LogP contribution in [0.25, 0.3) is 11.1 Å². The van der Waals surface area contributed by atoms with Gasteiger partial charge in [0.2, 0.25) is 5.96 Å². The number of guanidine groups is 1. The second-order valence-corrected chi connectivity index (χ2v) is 5.37. The highest BCUT2D eigenvalue weighted by Crippen LogP contribution is 2.19. The molecule has 0 atom stereocenters. The molecule has 0 aliphatic carbocycles. The van der Waals surface area contributed by atoms with Crippen LogP contribution in [0.15, 0.2) is 64.7 Å². The minimum absolute atomic E-state index is 0.360. The number of unbranched alkanes of at least 4 members (excludes halogenated alkanes) is 1. The first kappa shape index (κ1) is 16.7. The number of hydrogen-bond acceptors (Lipinski definition) is 2. The van der Waals surface area contributed by atoms with E-state index in [1.165, 1.54) is 11.1 Å². The lowest BCUT2D eigenvalue weighted by molar-refractivity contribution is 0.799. The number of aliphatic imine (C=N–C) groups is 1. The van der Waals surface area contributed by atoms with Crippen molar-refractivity contribution < 1.29 is 0 Å². The van der Waals surface area contributed by atoms with E-state index in [0.29, 0.717) is 5.96 Å². The summed E-state index contributed by atoms with van der Waals surface area (Å²) in [6.07, 6.45) is 2.14. The fraction of sp³-hybridized carbons (Fsp3) is 0.263. The fourth-order valence-electron chi connectivity index (χ4n) is 2.13. The molecule has 2 aromatic rings. The zero-order valence-corrected chi connectivity index (χ0v) is 13.8. The van der Waals surface area contributed by atoms with Gasteiger partial charge in [-0.05, 0) is 30.0 Å². The summed E-state index contributed by atoms with van der Waals surface area (Å²) in [4.78, 5) is 4.21. The first-order valence-electron chi connectivity index (χ1n) is 7.96.